The number of carbonyl (C=O) groups is 1. The number of thiocarbonyl (C=S) groups is 1. The van der Waals surface area contributed by atoms with E-state index in [1.165, 1.54) is 0 Å². The molecule has 1 aromatic rings. The van der Waals surface area contributed by atoms with E-state index in [9.17, 15) is 4.79 Å². The van der Waals surface area contributed by atoms with E-state index in [4.69, 9.17) is 29.6 Å². The van der Waals surface area contributed by atoms with Gasteiger partial charge in [0.15, 0.2) is 0 Å². The van der Waals surface area contributed by atoms with Crippen molar-refractivity contribution < 1.29 is 4.79 Å². The van der Waals surface area contributed by atoms with Gasteiger partial charge in [-0.25, -0.2) is 0 Å². The Balaban J connectivity index is 2.73. The van der Waals surface area contributed by atoms with Crippen LogP contribution in [0.5, 0.6) is 0 Å². The number of unbranched alkanes of at least 4 members (excludes halogenated alkanes) is 2. The minimum absolute atomic E-state index is 0.0387. The number of halogens is 1. The highest BCUT2D eigenvalue weighted by Crippen LogP contribution is 2.21. The molecule has 18 heavy (non-hydrogen) atoms. The van der Waals surface area contributed by atoms with Crippen molar-refractivity contribution in [2.45, 2.75) is 32.6 Å². The normalized spacial score (nSPS) is 10.1. The number of nitrogens with one attached hydrogen (secondary N) is 1. The average molecular weight is 285 g/mol. The summed E-state index contributed by atoms with van der Waals surface area (Å²) in [6, 6.07) is 5.07. The lowest BCUT2D eigenvalue weighted by molar-refractivity contribution is -0.116. The maximum atomic E-state index is 11.7. The van der Waals surface area contributed by atoms with E-state index in [0.29, 0.717) is 22.7 Å². The molecule has 0 bridgehead atoms. The zero-order valence-corrected chi connectivity index (χ0v) is 11.9. The first-order valence-corrected chi connectivity index (χ1v) is 6.72. The van der Waals surface area contributed by atoms with Gasteiger partial charge < -0.3 is 11.1 Å². The van der Waals surface area contributed by atoms with Gasteiger partial charge in [0.25, 0.3) is 0 Å². The van der Waals surface area contributed by atoms with Crippen LogP contribution in [-0.2, 0) is 4.79 Å². The highest BCUT2D eigenvalue weighted by molar-refractivity contribution is 7.80. The second-order valence-corrected chi connectivity index (χ2v) is 4.94. The second-order valence-electron chi connectivity index (χ2n) is 4.06. The molecule has 0 unspecified atom stereocenters. The van der Waals surface area contributed by atoms with Gasteiger partial charge in [-0.1, -0.05) is 43.6 Å². The molecule has 0 radical (unpaired) electrons. The third-order valence-corrected chi connectivity index (χ3v) is 2.98. The van der Waals surface area contributed by atoms with Crippen LogP contribution in [0.1, 0.15) is 38.2 Å². The van der Waals surface area contributed by atoms with Gasteiger partial charge in [0.2, 0.25) is 5.91 Å². The Hall–Kier alpha value is -1.13. The van der Waals surface area contributed by atoms with Gasteiger partial charge in [-0.2, -0.15) is 0 Å². The number of hydrogen-bond donors (Lipinski definition) is 2. The molecular weight excluding hydrogens is 268 g/mol. The predicted octanol–water partition coefficient (Wildman–Crippen LogP) is 3.49. The van der Waals surface area contributed by atoms with Crippen molar-refractivity contribution in [3.05, 3.63) is 28.8 Å². The summed E-state index contributed by atoms with van der Waals surface area (Å²) in [5, 5.41) is 3.34. The fourth-order valence-electron chi connectivity index (χ4n) is 1.58. The Bertz CT molecular complexity index is 449. The molecule has 0 aliphatic carbocycles. The fourth-order valence-corrected chi connectivity index (χ4v) is 1.93. The molecule has 0 fully saturated rings. The summed E-state index contributed by atoms with van der Waals surface area (Å²) in [5.41, 5.74) is 6.82. The lowest BCUT2D eigenvalue weighted by atomic mass is 10.1. The lowest BCUT2D eigenvalue weighted by Gasteiger charge is -2.10. The first-order valence-electron chi connectivity index (χ1n) is 5.93. The minimum atomic E-state index is -0.0387. The van der Waals surface area contributed by atoms with Crippen molar-refractivity contribution in [1.29, 1.82) is 0 Å². The second kappa shape index (κ2) is 7.34. The monoisotopic (exact) mass is 284 g/mol. The van der Waals surface area contributed by atoms with E-state index >= 15 is 0 Å². The number of benzene rings is 1. The summed E-state index contributed by atoms with van der Waals surface area (Å²) in [6.45, 7) is 2.10. The van der Waals surface area contributed by atoms with Gasteiger partial charge in [-0.05, 0) is 24.6 Å². The summed E-state index contributed by atoms with van der Waals surface area (Å²) >= 11 is 10.8. The summed E-state index contributed by atoms with van der Waals surface area (Å²) < 4.78 is 0. The van der Waals surface area contributed by atoms with Crippen LogP contribution in [0, 0.1) is 0 Å². The van der Waals surface area contributed by atoms with Crippen LogP contribution in [0.3, 0.4) is 0 Å². The molecule has 0 heterocycles. The summed E-state index contributed by atoms with van der Waals surface area (Å²) in [7, 11) is 0. The number of amides is 1. The van der Waals surface area contributed by atoms with Gasteiger partial charge in [-0.15, -0.1) is 0 Å². The molecule has 3 nitrogen and oxygen atoms in total. The summed E-state index contributed by atoms with van der Waals surface area (Å²) in [4.78, 5) is 12.0. The maximum Gasteiger partial charge on any atom is 0.224 e. The Kier molecular flexibility index (Phi) is 6.09. The molecule has 3 N–H and O–H groups in total. The lowest BCUT2D eigenvalue weighted by Crippen LogP contribution is -2.17. The Labute approximate surface area is 118 Å². The molecule has 0 atom stereocenters. The van der Waals surface area contributed by atoms with Gasteiger partial charge in [-0.3, -0.25) is 4.79 Å². The smallest absolute Gasteiger partial charge is 0.224 e. The van der Waals surface area contributed by atoms with Crippen LogP contribution in [0.25, 0.3) is 0 Å². The average Bonchev–Trinajstić information content (AvgIpc) is 2.29. The zero-order chi connectivity index (χ0) is 13.5. The summed E-state index contributed by atoms with van der Waals surface area (Å²) in [5.74, 6) is -0.0387. The number of rotatable bonds is 6. The molecule has 1 rings (SSSR count). The van der Waals surface area contributed by atoms with Gasteiger partial charge in [0, 0.05) is 17.0 Å². The van der Waals surface area contributed by atoms with Crippen molar-refractivity contribution in [1.82, 2.24) is 0 Å². The third kappa shape index (κ3) is 4.63. The van der Waals surface area contributed by atoms with E-state index in [-0.39, 0.29) is 10.9 Å². The zero-order valence-electron chi connectivity index (χ0n) is 10.3. The SMILES string of the molecule is CCCCCC(=O)Nc1cc(Cl)ccc1C(N)=S. The summed E-state index contributed by atoms with van der Waals surface area (Å²) in [6.07, 6.45) is 3.51. The van der Waals surface area contributed by atoms with Crippen molar-refractivity contribution in [2.75, 3.05) is 5.32 Å². The quantitative estimate of drug-likeness (QED) is 0.621. The molecule has 0 saturated carbocycles. The van der Waals surface area contributed by atoms with Crippen LogP contribution >= 0.6 is 23.8 Å². The first-order chi connectivity index (χ1) is 8.54. The van der Waals surface area contributed by atoms with Crippen molar-refractivity contribution in [3.63, 3.8) is 0 Å². The molecule has 98 valence electrons. The topological polar surface area (TPSA) is 55.1 Å². The number of anilines is 1. The molecule has 0 aliphatic rings. The van der Waals surface area contributed by atoms with E-state index in [2.05, 4.69) is 12.2 Å². The van der Waals surface area contributed by atoms with Gasteiger partial charge in [0.05, 0.1) is 5.69 Å². The Morgan fingerprint density at radius 2 is 2.17 bits per heavy atom. The van der Waals surface area contributed by atoms with Gasteiger partial charge >= 0.3 is 0 Å². The Morgan fingerprint density at radius 1 is 1.44 bits per heavy atom. The number of nitrogens with two attached hydrogens (primary N) is 1. The molecule has 0 saturated heterocycles. The van der Waals surface area contributed by atoms with Crippen LogP contribution < -0.4 is 11.1 Å². The van der Waals surface area contributed by atoms with Crippen LogP contribution in [0.4, 0.5) is 5.69 Å². The van der Waals surface area contributed by atoms with Crippen molar-refractivity contribution in [2.24, 2.45) is 5.73 Å². The van der Waals surface area contributed by atoms with Crippen LogP contribution in [0.15, 0.2) is 18.2 Å². The van der Waals surface area contributed by atoms with E-state index < -0.39 is 0 Å². The number of carbonyl (C=O) groups excluding carboxylic acids is 1. The molecular formula is C13H17ClN2OS. The van der Waals surface area contributed by atoms with E-state index in [1.807, 2.05) is 0 Å². The molecule has 1 amide bonds. The van der Waals surface area contributed by atoms with E-state index in [0.717, 1.165) is 19.3 Å². The van der Waals surface area contributed by atoms with Crippen LogP contribution in [0.2, 0.25) is 5.02 Å². The fraction of sp³-hybridized carbons (Fsp3) is 0.385. The number of hydrogen-bond acceptors (Lipinski definition) is 2. The molecule has 1 aromatic carbocycles. The molecule has 5 heteroatoms. The first kappa shape index (κ1) is 14.9. The standard InChI is InChI=1S/C13H17ClN2OS/c1-2-3-4-5-12(17)16-11-8-9(14)6-7-10(11)13(15)18/h6-8H,2-5H2,1H3,(H2,15,18)(H,16,17). The van der Waals surface area contributed by atoms with Crippen molar-refractivity contribution in [3.8, 4) is 0 Å². The van der Waals surface area contributed by atoms with Crippen LogP contribution in [-0.4, -0.2) is 10.9 Å². The third-order valence-electron chi connectivity index (χ3n) is 2.53. The minimum Gasteiger partial charge on any atom is -0.389 e. The van der Waals surface area contributed by atoms with E-state index in [1.54, 1.807) is 18.2 Å². The largest absolute Gasteiger partial charge is 0.389 e. The Morgan fingerprint density at radius 3 is 2.78 bits per heavy atom. The highest BCUT2D eigenvalue weighted by Gasteiger charge is 2.09. The van der Waals surface area contributed by atoms with Crippen molar-refractivity contribution >= 4 is 40.4 Å². The maximum absolute atomic E-state index is 11.7. The highest BCUT2D eigenvalue weighted by atomic mass is 35.5. The molecule has 0 aliphatic heterocycles. The predicted molar refractivity (Wildman–Crippen MR) is 80.1 cm³/mol. The molecule has 0 aromatic heterocycles. The molecule has 0 spiro atoms. The van der Waals surface area contributed by atoms with Gasteiger partial charge in [0.1, 0.15) is 4.99 Å².